The van der Waals surface area contributed by atoms with Crippen molar-refractivity contribution >= 4 is 17.6 Å². The molecule has 0 spiro atoms. The van der Waals surface area contributed by atoms with Crippen LogP contribution in [0.1, 0.15) is 50.5 Å². The van der Waals surface area contributed by atoms with Gasteiger partial charge in [0.25, 0.3) is 11.8 Å². The molecule has 170 valence electrons. The highest BCUT2D eigenvalue weighted by molar-refractivity contribution is 6.01. The van der Waals surface area contributed by atoms with Crippen LogP contribution in [-0.2, 0) is 16.1 Å². The molecule has 2 heterocycles. The molecule has 1 aliphatic heterocycles. The monoisotopic (exact) mass is 437 g/mol. The maximum absolute atomic E-state index is 13.0. The second-order valence-corrected chi connectivity index (χ2v) is 7.99. The fourth-order valence-corrected chi connectivity index (χ4v) is 2.87. The van der Waals surface area contributed by atoms with Gasteiger partial charge in [0.1, 0.15) is 5.82 Å². The Balaban J connectivity index is 2.20. The number of rotatable bonds is 8. The SMILES string of the molecule is CC(/C=C(\N)C(C)N1Cc2c(ccnc2NC(=O)C(C)C)C1=O)=C(/N)OCC(C)(F)F. The normalized spacial score (nSPS) is 16.2. The summed E-state index contributed by atoms with van der Waals surface area (Å²) in [5.41, 5.74) is 13.6. The molecule has 5 N–H and O–H groups in total. The van der Waals surface area contributed by atoms with E-state index in [0.717, 1.165) is 6.92 Å². The lowest BCUT2D eigenvalue weighted by Gasteiger charge is -2.25. The molecule has 0 fully saturated rings. The number of amides is 2. The van der Waals surface area contributed by atoms with Gasteiger partial charge in [-0.05, 0) is 26.0 Å². The minimum absolute atomic E-state index is 0.171. The lowest BCUT2D eigenvalue weighted by molar-refractivity contribution is -0.118. The third kappa shape index (κ3) is 5.93. The smallest absolute Gasteiger partial charge is 0.278 e. The number of allylic oxidation sites excluding steroid dienone is 2. The largest absolute Gasteiger partial charge is 0.473 e. The maximum atomic E-state index is 13.0. The minimum atomic E-state index is -3.02. The number of ether oxygens (including phenoxy) is 1. The van der Waals surface area contributed by atoms with Crippen LogP contribution in [0.15, 0.2) is 35.5 Å². The Kier molecular flexibility index (Phi) is 7.24. The van der Waals surface area contributed by atoms with Gasteiger partial charge in [-0.2, -0.15) is 0 Å². The summed E-state index contributed by atoms with van der Waals surface area (Å²) in [4.78, 5) is 30.7. The minimum Gasteiger partial charge on any atom is -0.473 e. The molecular weight excluding hydrogens is 408 g/mol. The van der Waals surface area contributed by atoms with Crippen LogP contribution in [0.5, 0.6) is 0 Å². The molecule has 0 saturated carbocycles. The van der Waals surface area contributed by atoms with E-state index in [4.69, 9.17) is 16.2 Å². The molecule has 0 saturated heterocycles. The zero-order valence-corrected chi connectivity index (χ0v) is 18.3. The van der Waals surface area contributed by atoms with Gasteiger partial charge < -0.3 is 26.4 Å². The average Bonchev–Trinajstić information content (AvgIpc) is 3.02. The number of aromatic nitrogens is 1. The van der Waals surface area contributed by atoms with E-state index >= 15 is 0 Å². The van der Waals surface area contributed by atoms with Crippen LogP contribution in [0.4, 0.5) is 14.6 Å². The predicted octanol–water partition coefficient (Wildman–Crippen LogP) is 2.73. The molecule has 31 heavy (non-hydrogen) atoms. The van der Waals surface area contributed by atoms with E-state index in [0.29, 0.717) is 28.2 Å². The molecule has 0 aliphatic carbocycles. The standard InChI is InChI=1S/C21H29F2N5O3/c1-11(2)19(29)27-18-15-9-28(20(30)14(15)6-7-26-18)13(4)16(24)8-12(3)17(25)31-10-21(5,22)23/h6-8,11,13H,9-10,24-25H2,1-5H3,(H,26,27,29)/b16-8-,17-12+. The van der Waals surface area contributed by atoms with Gasteiger partial charge in [0.05, 0.1) is 12.6 Å². The van der Waals surface area contributed by atoms with Crippen LogP contribution < -0.4 is 16.8 Å². The molecule has 1 unspecified atom stereocenters. The summed E-state index contributed by atoms with van der Waals surface area (Å²) >= 11 is 0. The summed E-state index contributed by atoms with van der Waals surface area (Å²) in [5, 5.41) is 2.75. The molecule has 10 heteroatoms. The summed E-state index contributed by atoms with van der Waals surface area (Å²) in [6.45, 7) is 6.92. The van der Waals surface area contributed by atoms with Crippen LogP contribution >= 0.6 is 0 Å². The quantitative estimate of drug-likeness (QED) is 0.424. The molecule has 1 aliphatic rings. The highest BCUT2D eigenvalue weighted by Gasteiger charge is 2.34. The lowest BCUT2D eigenvalue weighted by Crippen LogP contribution is -2.37. The summed E-state index contributed by atoms with van der Waals surface area (Å²) in [6, 6.07) is 1.07. The molecule has 2 amide bonds. The second kappa shape index (κ2) is 9.32. The molecule has 0 radical (unpaired) electrons. The number of alkyl halides is 2. The molecule has 0 aromatic carbocycles. The number of hydrogen-bond acceptors (Lipinski definition) is 6. The highest BCUT2D eigenvalue weighted by Crippen LogP contribution is 2.30. The van der Waals surface area contributed by atoms with Gasteiger partial charge in [-0.3, -0.25) is 9.59 Å². The Morgan fingerprint density at radius 2 is 2.03 bits per heavy atom. The Hall–Kier alpha value is -3.17. The van der Waals surface area contributed by atoms with Crippen molar-refractivity contribution in [2.75, 3.05) is 11.9 Å². The zero-order chi connectivity index (χ0) is 23.5. The number of carbonyl (C=O) groups excluding carboxylic acids is 2. The summed E-state index contributed by atoms with van der Waals surface area (Å²) < 4.78 is 30.8. The van der Waals surface area contributed by atoms with E-state index in [1.807, 2.05) is 0 Å². The molecule has 1 aromatic heterocycles. The summed E-state index contributed by atoms with van der Waals surface area (Å²) in [5.74, 6) is -3.53. The van der Waals surface area contributed by atoms with Crippen LogP contribution in [0.25, 0.3) is 0 Å². The van der Waals surface area contributed by atoms with Crippen molar-refractivity contribution in [3.8, 4) is 0 Å². The molecular formula is C21H29F2N5O3. The van der Waals surface area contributed by atoms with Crippen LogP contribution in [0.3, 0.4) is 0 Å². The first-order chi connectivity index (χ1) is 14.3. The maximum Gasteiger partial charge on any atom is 0.278 e. The first-order valence-electron chi connectivity index (χ1n) is 9.85. The number of halogens is 2. The molecule has 1 atom stereocenters. The Labute approximate surface area is 180 Å². The Morgan fingerprint density at radius 1 is 1.39 bits per heavy atom. The van der Waals surface area contributed by atoms with E-state index in [-0.39, 0.29) is 30.2 Å². The van der Waals surface area contributed by atoms with Crippen molar-refractivity contribution in [3.63, 3.8) is 0 Å². The number of fused-ring (bicyclic) bond motifs is 1. The van der Waals surface area contributed by atoms with Gasteiger partial charge in [-0.1, -0.05) is 13.8 Å². The van der Waals surface area contributed by atoms with Gasteiger partial charge in [-0.25, -0.2) is 13.8 Å². The molecule has 2 rings (SSSR count). The van der Waals surface area contributed by atoms with Gasteiger partial charge in [0, 0.05) is 41.4 Å². The van der Waals surface area contributed by atoms with Gasteiger partial charge in [-0.15, -0.1) is 0 Å². The number of hydrogen-bond donors (Lipinski definition) is 3. The Morgan fingerprint density at radius 3 is 2.61 bits per heavy atom. The molecule has 8 nitrogen and oxygen atoms in total. The predicted molar refractivity (Wildman–Crippen MR) is 113 cm³/mol. The number of carbonyl (C=O) groups is 2. The molecule has 1 aromatic rings. The van der Waals surface area contributed by atoms with Crippen LogP contribution in [0, 0.1) is 5.92 Å². The average molecular weight is 437 g/mol. The number of pyridine rings is 1. The van der Waals surface area contributed by atoms with Gasteiger partial charge >= 0.3 is 0 Å². The topological polar surface area (TPSA) is 124 Å². The van der Waals surface area contributed by atoms with Crippen molar-refractivity contribution in [1.82, 2.24) is 9.88 Å². The first-order valence-corrected chi connectivity index (χ1v) is 9.85. The van der Waals surface area contributed by atoms with Gasteiger partial charge in [0.2, 0.25) is 5.91 Å². The van der Waals surface area contributed by atoms with E-state index in [2.05, 4.69) is 10.3 Å². The Bertz CT molecular complexity index is 922. The number of anilines is 1. The van der Waals surface area contributed by atoms with E-state index in [1.165, 1.54) is 17.2 Å². The van der Waals surface area contributed by atoms with Crippen molar-refractivity contribution < 1.29 is 23.1 Å². The third-order valence-electron chi connectivity index (χ3n) is 4.84. The fraction of sp³-hybridized carbons (Fsp3) is 0.476. The molecule has 0 bridgehead atoms. The fourth-order valence-electron chi connectivity index (χ4n) is 2.87. The van der Waals surface area contributed by atoms with Gasteiger partial charge in [0.15, 0.2) is 12.5 Å². The van der Waals surface area contributed by atoms with Crippen LogP contribution in [0.2, 0.25) is 0 Å². The van der Waals surface area contributed by atoms with Crippen molar-refractivity contribution in [2.24, 2.45) is 17.4 Å². The van der Waals surface area contributed by atoms with E-state index in [1.54, 1.807) is 33.8 Å². The lowest BCUT2D eigenvalue weighted by atomic mass is 10.1. The van der Waals surface area contributed by atoms with Crippen LogP contribution in [-0.4, -0.2) is 40.3 Å². The van der Waals surface area contributed by atoms with Crippen molar-refractivity contribution in [2.45, 2.75) is 53.1 Å². The van der Waals surface area contributed by atoms with Crippen molar-refractivity contribution in [3.05, 3.63) is 46.6 Å². The third-order valence-corrected chi connectivity index (χ3v) is 4.84. The number of nitrogens with zero attached hydrogens (tertiary/aromatic N) is 2. The first kappa shape index (κ1) is 24.1. The summed E-state index contributed by atoms with van der Waals surface area (Å²) in [6.07, 6.45) is 2.96. The second-order valence-electron chi connectivity index (χ2n) is 7.99. The van der Waals surface area contributed by atoms with E-state index in [9.17, 15) is 18.4 Å². The summed E-state index contributed by atoms with van der Waals surface area (Å²) in [7, 11) is 0. The highest BCUT2D eigenvalue weighted by atomic mass is 19.3. The number of nitrogens with one attached hydrogen (secondary N) is 1. The van der Waals surface area contributed by atoms with Crippen molar-refractivity contribution in [1.29, 1.82) is 0 Å². The number of nitrogens with two attached hydrogens (primary N) is 2. The zero-order valence-electron chi connectivity index (χ0n) is 18.3. The van der Waals surface area contributed by atoms with E-state index < -0.39 is 18.6 Å².